The van der Waals surface area contributed by atoms with Crippen molar-refractivity contribution in [3.63, 3.8) is 0 Å². The van der Waals surface area contributed by atoms with Crippen molar-refractivity contribution in [2.24, 2.45) is 0 Å². The molecule has 320 valence electrons. The molecule has 9 nitrogen and oxygen atoms in total. The third-order valence-electron chi connectivity index (χ3n) is 11.0. The Kier molecular flexibility index (Phi) is 18.3. The predicted molar refractivity (Wildman–Crippen MR) is 238 cm³/mol. The van der Waals surface area contributed by atoms with Crippen LogP contribution >= 0.6 is 11.6 Å². The molecule has 0 saturated heterocycles. The number of anilines is 1. The number of allylic oxidation sites excluding steroid dienone is 3. The average Bonchev–Trinajstić information content (AvgIpc) is 3.38. The van der Waals surface area contributed by atoms with E-state index in [0.717, 1.165) is 115 Å². The van der Waals surface area contributed by atoms with Gasteiger partial charge in [0, 0.05) is 72.3 Å². The smallest absolute Gasteiger partial charge is 0.294 e. The number of nitrogens with zero attached hydrogens (tertiary/aromatic N) is 2. The Bertz CT molecular complexity index is 2000. The van der Waals surface area contributed by atoms with Crippen LogP contribution in [-0.2, 0) is 35.2 Å². The molecule has 2 heterocycles. The standard InChI is InChI=1S/C47H67ClN2O7S/c1-8-49(9-2)37-23-25-40-36(33-45(46(3,4)5)57-43(40)34-37)19-17-22-44-47(6,7)41-35-39(58(52,53)54)24-26-42(41)50(44)28-15-12-13-20-38(51)21-18-30-56-32-31-55-29-16-11-10-14-27-48/h17,19,22-26,33-35H,8-16,18,20-21,27-32H2,1-7H3/p+1. The summed E-state index contributed by atoms with van der Waals surface area (Å²) in [5.41, 5.74) is 4.12. The SMILES string of the molecule is CC[N+](CC)=c1ccc2c(/C=C/C=C3/N(CCCCCC(=O)CCCOCCOCCCCCCCl)c4ccc(S(=O)(=O)O)cc4C3(C)C)cc(C(C)(C)C)oc-2c1. The lowest BCUT2D eigenvalue weighted by Crippen LogP contribution is -2.29. The number of benzene rings is 2. The van der Waals surface area contributed by atoms with E-state index in [2.05, 4.69) is 100 Å². The van der Waals surface area contributed by atoms with Gasteiger partial charge in [-0.05, 0) is 93.5 Å². The zero-order chi connectivity index (χ0) is 42.3. The maximum Gasteiger partial charge on any atom is 0.294 e. The molecule has 1 aromatic rings. The topological polar surface area (TPSA) is 109 Å². The Labute approximate surface area is 353 Å². The van der Waals surface area contributed by atoms with Gasteiger partial charge in [-0.2, -0.15) is 8.42 Å². The van der Waals surface area contributed by atoms with Crippen molar-refractivity contribution >= 4 is 39.3 Å². The Hall–Kier alpha value is -3.28. The fourth-order valence-electron chi connectivity index (χ4n) is 7.53. The molecule has 1 aromatic carbocycles. The number of alkyl halides is 1. The number of Topliss-reactive ketones (excluding diaryl/α,β-unsaturated/α-hetero) is 1. The lowest BCUT2D eigenvalue weighted by Gasteiger charge is -2.27. The number of carbonyl (C=O) groups excluding carboxylic acids is 1. The van der Waals surface area contributed by atoms with Crippen LogP contribution in [-0.4, -0.2) is 70.7 Å². The predicted octanol–water partition coefficient (Wildman–Crippen LogP) is 10.2. The maximum atomic E-state index is 12.6. The summed E-state index contributed by atoms with van der Waals surface area (Å²) in [6.45, 7) is 19.9. The number of carbonyl (C=O) groups is 1. The molecule has 0 aromatic heterocycles. The fourth-order valence-corrected chi connectivity index (χ4v) is 8.23. The van der Waals surface area contributed by atoms with Gasteiger partial charge in [0.15, 0.2) is 0 Å². The minimum atomic E-state index is -4.38. The first kappa shape index (κ1) is 47.4. The van der Waals surface area contributed by atoms with Crippen LogP contribution in [0, 0.1) is 0 Å². The van der Waals surface area contributed by atoms with Gasteiger partial charge in [-0.15, -0.1) is 11.6 Å². The van der Waals surface area contributed by atoms with E-state index in [4.69, 9.17) is 25.5 Å². The van der Waals surface area contributed by atoms with Gasteiger partial charge >= 0.3 is 0 Å². The first-order chi connectivity index (χ1) is 27.6. The molecule has 0 fully saturated rings. The minimum Gasteiger partial charge on any atom is -0.460 e. The number of unbranched alkanes of at least 4 members (excludes halogenated alkanes) is 5. The average molecular weight is 841 g/mol. The van der Waals surface area contributed by atoms with E-state index in [1.165, 1.54) is 6.07 Å². The van der Waals surface area contributed by atoms with Gasteiger partial charge in [-0.1, -0.05) is 66.0 Å². The third kappa shape index (κ3) is 13.4. The van der Waals surface area contributed by atoms with Crippen molar-refractivity contribution in [3.05, 3.63) is 82.6 Å². The number of ketones is 1. The zero-order valence-corrected chi connectivity index (χ0v) is 37.7. The highest BCUT2D eigenvalue weighted by molar-refractivity contribution is 7.85. The molecule has 0 bridgehead atoms. The Morgan fingerprint density at radius 3 is 2.22 bits per heavy atom. The second-order valence-corrected chi connectivity index (χ2v) is 18.6. The molecular weight excluding hydrogens is 772 g/mol. The highest BCUT2D eigenvalue weighted by Crippen LogP contribution is 2.48. The van der Waals surface area contributed by atoms with Crippen LogP contribution in [0.1, 0.15) is 130 Å². The Morgan fingerprint density at radius 2 is 1.55 bits per heavy atom. The molecule has 58 heavy (non-hydrogen) atoms. The quantitative estimate of drug-likeness (QED) is 0.0411. The van der Waals surface area contributed by atoms with Gasteiger partial charge in [0.2, 0.25) is 5.36 Å². The van der Waals surface area contributed by atoms with Crippen LogP contribution in [0.15, 0.2) is 69.6 Å². The number of hydrogen-bond acceptors (Lipinski definition) is 7. The van der Waals surface area contributed by atoms with Crippen molar-refractivity contribution in [2.75, 3.05) is 56.8 Å². The molecule has 4 rings (SSSR count). The van der Waals surface area contributed by atoms with Crippen molar-refractivity contribution in [1.29, 1.82) is 0 Å². The van der Waals surface area contributed by atoms with Crippen LogP contribution in [0.3, 0.4) is 0 Å². The first-order valence-electron chi connectivity index (χ1n) is 21.3. The molecule has 0 saturated carbocycles. The molecule has 0 unspecified atom stereocenters. The van der Waals surface area contributed by atoms with E-state index in [1.807, 2.05) is 0 Å². The lowest BCUT2D eigenvalue weighted by atomic mass is 9.83. The summed E-state index contributed by atoms with van der Waals surface area (Å²) in [7, 11) is -4.38. The summed E-state index contributed by atoms with van der Waals surface area (Å²) in [6.07, 6.45) is 15.0. The summed E-state index contributed by atoms with van der Waals surface area (Å²) in [5.74, 6) is 2.71. The van der Waals surface area contributed by atoms with Gasteiger partial charge in [-0.3, -0.25) is 9.35 Å². The largest absolute Gasteiger partial charge is 0.460 e. The van der Waals surface area contributed by atoms with Crippen molar-refractivity contribution in [2.45, 2.75) is 128 Å². The third-order valence-corrected chi connectivity index (χ3v) is 12.1. The van der Waals surface area contributed by atoms with E-state index in [1.54, 1.807) is 12.1 Å². The van der Waals surface area contributed by atoms with E-state index < -0.39 is 15.5 Å². The molecule has 2 aliphatic heterocycles. The molecule has 11 heteroatoms. The molecule has 0 atom stereocenters. The molecular formula is C47H68ClN2O7S+. The Morgan fingerprint density at radius 1 is 0.879 bits per heavy atom. The van der Waals surface area contributed by atoms with Crippen molar-refractivity contribution < 1.29 is 31.7 Å². The molecule has 1 N–H and O–H groups in total. The molecule has 0 amide bonds. The number of rotatable bonds is 24. The summed E-state index contributed by atoms with van der Waals surface area (Å²) < 4.78 is 54.3. The van der Waals surface area contributed by atoms with Crippen LogP contribution in [0.5, 0.6) is 0 Å². The van der Waals surface area contributed by atoms with Gasteiger partial charge in [0.1, 0.15) is 30.4 Å². The molecule has 1 aliphatic carbocycles. The fraction of sp³-hybridized carbons (Fsp3) is 0.574. The highest BCUT2D eigenvalue weighted by atomic mass is 35.5. The van der Waals surface area contributed by atoms with Crippen molar-refractivity contribution in [1.82, 2.24) is 4.58 Å². The van der Waals surface area contributed by atoms with E-state index in [0.29, 0.717) is 45.6 Å². The van der Waals surface area contributed by atoms with Crippen LogP contribution < -0.4 is 14.8 Å². The summed E-state index contributed by atoms with van der Waals surface area (Å²) in [6, 6.07) is 13.4. The lowest BCUT2D eigenvalue weighted by molar-refractivity contribution is -0.119. The van der Waals surface area contributed by atoms with E-state index in [9.17, 15) is 17.8 Å². The second-order valence-electron chi connectivity index (χ2n) is 16.8. The molecule has 0 radical (unpaired) electrons. The van der Waals surface area contributed by atoms with Gasteiger partial charge in [0.05, 0.1) is 24.2 Å². The van der Waals surface area contributed by atoms with E-state index in [-0.39, 0.29) is 16.1 Å². The zero-order valence-electron chi connectivity index (χ0n) is 36.1. The van der Waals surface area contributed by atoms with Gasteiger partial charge in [-0.25, -0.2) is 4.58 Å². The van der Waals surface area contributed by atoms with Gasteiger partial charge in [0.25, 0.3) is 10.1 Å². The normalized spacial score (nSPS) is 14.9. The number of halogens is 1. The second kappa shape index (κ2) is 22.4. The van der Waals surface area contributed by atoms with Gasteiger partial charge < -0.3 is 18.8 Å². The van der Waals surface area contributed by atoms with E-state index >= 15 is 0 Å². The van der Waals surface area contributed by atoms with Crippen LogP contribution in [0.2, 0.25) is 0 Å². The monoisotopic (exact) mass is 839 g/mol. The minimum absolute atomic E-state index is 0.115. The number of hydrogen-bond donors (Lipinski definition) is 1. The van der Waals surface area contributed by atoms with Crippen LogP contribution in [0.25, 0.3) is 17.4 Å². The van der Waals surface area contributed by atoms with Crippen LogP contribution in [0.4, 0.5) is 5.69 Å². The number of fused-ring (bicyclic) bond motifs is 2. The molecule has 3 aliphatic rings. The summed E-state index contributed by atoms with van der Waals surface area (Å²) in [5, 5.41) is 1.13. The summed E-state index contributed by atoms with van der Waals surface area (Å²) >= 11 is 5.71. The molecule has 0 spiro atoms. The van der Waals surface area contributed by atoms with Crippen molar-refractivity contribution in [3.8, 4) is 11.3 Å². The highest BCUT2D eigenvalue weighted by Gasteiger charge is 2.40. The number of ether oxygens (including phenoxy) is 2. The first-order valence-corrected chi connectivity index (χ1v) is 23.3. The Balaban J connectivity index is 1.43. The maximum absolute atomic E-state index is 12.6. The summed E-state index contributed by atoms with van der Waals surface area (Å²) in [4.78, 5) is 14.8.